The molecule has 2 aromatic heterocycles. The van der Waals surface area contributed by atoms with Crippen LogP contribution in [0.1, 0.15) is 47.5 Å². The standard InChI is InChI=1S/C13H18N4O3/c1-8(2)11-4-9(16-20-11)5-14-7-12-15-6-10(13(18)19)17(12)3/h4,6,8,14H,5,7H2,1-3H3,(H,18,19). The predicted molar refractivity (Wildman–Crippen MR) is 71.3 cm³/mol. The van der Waals surface area contributed by atoms with Gasteiger partial charge >= 0.3 is 5.97 Å². The molecule has 0 saturated heterocycles. The van der Waals surface area contributed by atoms with E-state index >= 15 is 0 Å². The summed E-state index contributed by atoms with van der Waals surface area (Å²) in [5, 5.41) is 16.1. The number of carboxylic acids is 1. The van der Waals surface area contributed by atoms with Gasteiger partial charge in [-0.2, -0.15) is 0 Å². The molecule has 0 spiro atoms. The van der Waals surface area contributed by atoms with E-state index in [1.54, 1.807) is 11.6 Å². The van der Waals surface area contributed by atoms with Gasteiger partial charge in [0, 0.05) is 25.6 Å². The van der Waals surface area contributed by atoms with Crippen molar-refractivity contribution in [1.82, 2.24) is 20.0 Å². The summed E-state index contributed by atoms with van der Waals surface area (Å²) in [6.07, 6.45) is 1.35. The molecule has 0 radical (unpaired) electrons. The second-order valence-corrected chi connectivity index (χ2v) is 4.90. The first kappa shape index (κ1) is 14.3. The number of hydrogen-bond donors (Lipinski definition) is 2. The van der Waals surface area contributed by atoms with Crippen LogP contribution in [0.4, 0.5) is 0 Å². The summed E-state index contributed by atoms with van der Waals surface area (Å²) in [6.45, 7) is 5.09. The molecule has 2 heterocycles. The summed E-state index contributed by atoms with van der Waals surface area (Å²) >= 11 is 0. The molecule has 0 bridgehead atoms. The minimum Gasteiger partial charge on any atom is -0.477 e. The van der Waals surface area contributed by atoms with Crippen molar-refractivity contribution in [3.8, 4) is 0 Å². The Morgan fingerprint density at radius 1 is 1.50 bits per heavy atom. The number of imidazole rings is 1. The number of hydrogen-bond acceptors (Lipinski definition) is 5. The van der Waals surface area contributed by atoms with Crippen LogP contribution in [0.3, 0.4) is 0 Å². The highest BCUT2D eigenvalue weighted by Gasteiger charge is 2.12. The molecule has 0 amide bonds. The topological polar surface area (TPSA) is 93.2 Å². The Kier molecular flexibility index (Phi) is 4.19. The summed E-state index contributed by atoms with van der Waals surface area (Å²) in [6, 6.07) is 1.92. The van der Waals surface area contributed by atoms with E-state index in [0.717, 1.165) is 11.5 Å². The fourth-order valence-electron chi connectivity index (χ4n) is 1.80. The summed E-state index contributed by atoms with van der Waals surface area (Å²) in [5.74, 6) is 0.843. The van der Waals surface area contributed by atoms with E-state index in [1.165, 1.54) is 6.20 Å². The van der Waals surface area contributed by atoms with E-state index < -0.39 is 5.97 Å². The van der Waals surface area contributed by atoms with Gasteiger partial charge in [0.1, 0.15) is 17.3 Å². The maximum absolute atomic E-state index is 10.9. The van der Waals surface area contributed by atoms with Gasteiger partial charge in [0.15, 0.2) is 0 Å². The normalized spacial score (nSPS) is 11.2. The molecule has 0 aliphatic carbocycles. The average Bonchev–Trinajstić information content (AvgIpc) is 2.97. The lowest BCUT2D eigenvalue weighted by Crippen LogP contribution is -2.17. The Bertz CT molecular complexity index is 601. The van der Waals surface area contributed by atoms with Crippen LogP contribution >= 0.6 is 0 Å². The zero-order valence-corrected chi connectivity index (χ0v) is 11.8. The number of nitrogens with zero attached hydrogens (tertiary/aromatic N) is 3. The Morgan fingerprint density at radius 2 is 2.25 bits per heavy atom. The largest absolute Gasteiger partial charge is 0.477 e. The van der Waals surface area contributed by atoms with Gasteiger partial charge in [-0.05, 0) is 0 Å². The van der Waals surface area contributed by atoms with Crippen LogP contribution in [0, 0.1) is 0 Å². The summed E-state index contributed by atoms with van der Waals surface area (Å²) < 4.78 is 6.75. The Morgan fingerprint density at radius 3 is 2.80 bits per heavy atom. The number of rotatable bonds is 6. The fraction of sp³-hybridized carbons (Fsp3) is 0.462. The van der Waals surface area contributed by atoms with Crippen LogP contribution in [0.15, 0.2) is 16.8 Å². The summed E-state index contributed by atoms with van der Waals surface area (Å²) in [5.41, 5.74) is 0.992. The molecule has 2 aromatic rings. The van der Waals surface area contributed by atoms with Gasteiger partial charge in [0.05, 0.1) is 18.4 Å². The highest BCUT2D eigenvalue weighted by atomic mass is 16.5. The monoisotopic (exact) mass is 278 g/mol. The molecule has 7 nitrogen and oxygen atoms in total. The number of carbonyl (C=O) groups is 1. The maximum atomic E-state index is 10.9. The smallest absolute Gasteiger partial charge is 0.354 e. The Labute approximate surface area is 116 Å². The van der Waals surface area contributed by atoms with Crippen LogP contribution in [0.2, 0.25) is 0 Å². The molecule has 108 valence electrons. The quantitative estimate of drug-likeness (QED) is 0.832. The SMILES string of the molecule is CC(C)c1cc(CNCc2ncc(C(=O)O)n2C)no1. The molecule has 0 unspecified atom stereocenters. The Balaban J connectivity index is 1.91. The molecular weight excluding hydrogens is 260 g/mol. The van der Waals surface area contributed by atoms with Crippen molar-refractivity contribution in [2.45, 2.75) is 32.9 Å². The van der Waals surface area contributed by atoms with Crippen molar-refractivity contribution >= 4 is 5.97 Å². The van der Waals surface area contributed by atoms with E-state index in [1.807, 2.05) is 19.9 Å². The molecule has 0 atom stereocenters. The molecule has 0 aliphatic rings. The first-order valence-corrected chi connectivity index (χ1v) is 6.39. The van der Waals surface area contributed by atoms with Crippen LogP contribution in [0.25, 0.3) is 0 Å². The first-order valence-electron chi connectivity index (χ1n) is 6.39. The average molecular weight is 278 g/mol. The van der Waals surface area contributed by atoms with E-state index in [0.29, 0.717) is 24.8 Å². The van der Waals surface area contributed by atoms with Gasteiger partial charge in [-0.1, -0.05) is 19.0 Å². The van der Waals surface area contributed by atoms with Gasteiger partial charge in [-0.25, -0.2) is 9.78 Å². The predicted octanol–water partition coefficient (Wildman–Crippen LogP) is 1.52. The molecule has 7 heteroatoms. The number of nitrogens with one attached hydrogen (secondary N) is 1. The molecule has 2 rings (SSSR count). The molecule has 0 saturated carbocycles. The van der Waals surface area contributed by atoms with Crippen LogP contribution in [0.5, 0.6) is 0 Å². The maximum Gasteiger partial charge on any atom is 0.354 e. The van der Waals surface area contributed by atoms with Crippen LogP contribution < -0.4 is 5.32 Å². The molecule has 0 aromatic carbocycles. The molecule has 20 heavy (non-hydrogen) atoms. The lowest BCUT2D eigenvalue weighted by atomic mass is 10.1. The zero-order valence-electron chi connectivity index (χ0n) is 11.8. The van der Waals surface area contributed by atoms with Crippen molar-refractivity contribution in [3.63, 3.8) is 0 Å². The lowest BCUT2D eigenvalue weighted by molar-refractivity contribution is 0.0686. The van der Waals surface area contributed by atoms with Gasteiger partial charge in [0.2, 0.25) is 0 Å². The molecular formula is C13H18N4O3. The van der Waals surface area contributed by atoms with Crippen LogP contribution in [-0.4, -0.2) is 25.8 Å². The van der Waals surface area contributed by atoms with E-state index in [2.05, 4.69) is 15.5 Å². The molecule has 2 N–H and O–H groups in total. The van der Waals surface area contributed by atoms with E-state index in [-0.39, 0.29) is 5.69 Å². The van der Waals surface area contributed by atoms with Crippen molar-refractivity contribution in [2.24, 2.45) is 7.05 Å². The van der Waals surface area contributed by atoms with E-state index in [9.17, 15) is 4.79 Å². The highest BCUT2D eigenvalue weighted by Crippen LogP contribution is 2.14. The number of carboxylic acid groups (broad SMARTS) is 1. The second kappa shape index (κ2) is 5.87. The number of aromatic nitrogens is 3. The summed E-state index contributed by atoms with van der Waals surface area (Å²) in [7, 11) is 1.68. The molecule has 0 fully saturated rings. The fourth-order valence-corrected chi connectivity index (χ4v) is 1.80. The van der Waals surface area contributed by atoms with Crippen LogP contribution in [-0.2, 0) is 20.1 Å². The first-order chi connectivity index (χ1) is 9.49. The van der Waals surface area contributed by atoms with Gasteiger partial charge in [-0.3, -0.25) is 0 Å². The van der Waals surface area contributed by atoms with Gasteiger partial charge in [-0.15, -0.1) is 0 Å². The van der Waals surface area contributed by atoms with Gasteiger partial charge < -0.3 is 19.5 Å². The third-order valence-corrected chi connectivity index (χ3v) is 3.04. The summed E-state index contributed by atoms with van der Waals surface area (Å²) in [4.78, 5) is 15.0. The lowest BCUT2D eigenvalue weighted by Gasteiger charge is -2.04. The van der Waals surface area contributed by atoms with Gasteiger partial charge in [0.25, 0.3) is 0 Å². The molecule has 0 aliphatic heterocycles. The highest BCUT2D eigenvalue weighted by molar-refractivity contribution is 5.85. The van der Waals surface area contributed by atoms with Crippen molar-refractivity contribution in [3.05, 3.63) is 35.2 Å². The Hall–Kier alpha value is -2.15. The van der Waals surface area contributed by atoms with Crippen molar-refractivity contribution < 1.29 is 14.4 Å². The number of aromatic carboxylic acids is 1. The van der Waals surface area contributed by atoms with Crippen molar-refractivity contribution in [1.29, 1.82) is 0 Å². The third-order valence-electron chi connectivity index (χ3n) is 3.04. The van der Waals surface area contributed by atoms with E-state index in [4.69, 9.17) is 9.63 Å². The third kappa shape index (κ3) is 3.05. The second-order valence-electron chi connectivity index (χ2n) is 4.90. The minimum absolute atomic E-state index is 0.172. The zero-order chi connectivity index (χ0) is 14.7. The minimum atomic E-state index is -0.982. The van der Waals surface area contributed by atoms with Crippen molar-refractivity contribution in [2.75, 3.05) is 0 Å².